The monoisotopic (exact) mass is 235 g/mol. The largest absolute Gasteiger partial charge is 0.321 e. The van der Waals surface area contributed by atoms with Gasteiger partial charge in [0.1, 0.15) is 0 Å². The number of anilines is 1. The Bertz CT molecular complexity index is 606. The molecular formula is C16H13NO. The molecule has 0 aliphatic carbocycles. The number of benzene rings is 2. The molecule has 2 aromatic carbocycles. The molecule has 0 saturated carbocycles. The second-order valence-corrected chi connectivity index (χ2v) is 3.74. The maximum Gasteiger partial charge on any atom is 0.255 e. The molecule has 2 nitrogen and oxygen atoms in total. The Morgan fingerprint density at radius 3 is 2.39 bits per heavy atom. The van der Waals surface area contributed by atoms with Gasteiger partial charge in [-0.25, -0.2) is 0 Å². The molecular weight excluding hydrogens is 222 g/mol. The first-order valence-electron chi connectivity index (χ1n) is 5.69. The standard InChI is InChI=1S/C16H13NO/c1-2-8-13-9-6-7-12-15(13)17-16(18)14-10-4-3-5-11-14/h3-7,9-12H,1H3,(H,17,18). The predicted molar refractivity (Wildman–Crippen MR) is 73.4 cm³/mol. The van der Waals surface area contributed by atoms with Crippen LogP contribution in [0.15, 0.2) is 54.6 Å². The molecule has 0 spiro atoms. The van der Waals surface area contributed by atoms with E-state index in [1.165, 1.54) is 0 Å². The van der Waals surface area contributed by atoms with Crippen molar-refractivity contribution in [1.82, 2.24) is 0 Å². The topological polar surface area (TPSA) is 29.1 Å². The SMILES string of the molecule is CC#Cc1ccccc1NC(=O)c1ccccc1. The maximum absolute atomic E-state index is 12.0. The summed E-state index contributed by atoms with van der Waals surface area (Å²) in [5, 5.41) is 2.87. The summed E-state index contributed by atoms with van der Waals surface area (Å²) in [7, 11) is 0. The molecule has 0 saturated heterocycles. The zero-order valence-electron chi connectivity index (χ0n) is 10.1. The lowest BCUT2D eigenvalue weighted by Crippen LogP contribution is -2.12. The molecule has 0 aliphatic rings. The van der Waals surface area contributed by atoms with Crippen LogP contribution in [0.2, 0.25) is 0 Å². The number of hydrogen-bond acceptors (Lipinski definition) is 1. The van der Waals surface area contributed by atoms with Gasteiger partial charge in [0, 0.05) is 11.1 Å². The summed E-state index contributed by atoms with van der Waals surface area (Å²) < 4.78 is 0. The van der Waals surface area contributed by atoms with E-state index in [1.54, 1.807) is 19.1 Å². The predicted octanol–water partition coefficient (Wildman–Crippen LogP) is 3.31. The minimum Gasteiger partial charge on any atom is -0.321 e. The van der Waals surface area contributed by atoms with Crippen molar-refractivity contribution in [2.75, 3.05) is 5.32 Å². The van der Waals surface area contributed by atoms with Crippen LogP contribution < -0.4 is 5.32 Å². The third-order valence-electron chi connectivity index (χ3n) is 2.47. The summed E-state index contributed by atoms with van der Waals surface area (Å²) in [5.41, 5.74) is 2.20. The summed E-state index contributed by atoms with van der Waals surface area (Å²) in [6.45, 7) is 1.77. The maximum atomic E-state index is 12.0. The van der Waals surface area contributed by atoms with Crippen molar-refractivity contribution in [3.05, 3.63) is 65.7 Å². The fourth-order valence-electron chi connectivity index (χ4n) is 1.62. The highest BCUT2D eigenvalue weighted by Gasteiger charge is 2.06. The highest BCUT2D eigenvalue weighted by molar-refractivity contribution is 6.04. The van der Waals surface area contributed by atoms with Crippen molar-refractivity contribution in [2.24, 2.45) is 0 Å². The number of amides is 1. The number of carbonyl (C=O) groups is 1. The molecule has 2 aromatic rings. The van der Waals surface area contributed by atoms with Crippen molar-refractivity contribution in [3.8, 4) is 11.8 Å². The van der Waals surface area contributed by atoms with Crippen LogP contribution in [0.3, 0.4) is 0 Å². The Balaban J connectivity index is 2.24. The summed E-state index contributed by atoms with van der Waals surface area (Å²) in [6, 6.07) is 16.6. The van der Waals surface area contributed by atoms with E-state index in [0.717, 1.165) is 11.3 Å². The van der Waals surface area contributed by atoms with Gasteiger partial charge in [0.2, 0.25) is 0 Å². The summed E-state index contributed by atoms with van der Waals surface area (Å²) >= 11 is 0. The molecule has 0 heterocycles. The van der Waals surface area contributed by atoms with Gasteiger partial charge in [0.05, 0.1) is 5.69 Å². The van der Waals surface area contributed by atoms with E-state index in [1.807, 2.05) is 42.5 Å². The van der Waals surface area contributed by atoms with E-state index < -0.39 is 0 Å². The Morgan fingerprint density at radius 2 is 1.67 bits per heavy atom. The Hall–Kier alpha value is -2.53. The van der Waals surface area contributed by atoms with Crippen molar-refractivity contribution < 1.29 is 4.79 Å². The van der Waals surface area contributed by atoms with Gasteiger partial charge in [-0.15, -0.1) is 5.92 Å². The van der Waals surface area contributed by atoms with Gasteiger partial charge in [0.25, 0.3) is 5.91 Å². The molecule has 2 rings (SSSR count). The second-order valence-electron chi connectivity index (χ2n) is 3.74. The molecule has 0 atom stereocenters. The fraction of sp³-hybridized carbons (Fsp3) is 0.0625. The van der Waals surface area contributed by atoms with Crippen LogP contribution in [0.4, 0.5) is 5.69 Å². The molecule has 0 aliphatic heterocycles. The second kappa shape index (κ2) is 5.70. The van der Waals surface area contributed by atoms with Crippen LogP contribution in [-0.4, -0.2) is 5.91 Å². The van der Waals surface area contributed by atoms with Gasteiger partial charge in [0.15, 0.2) is 0 Å². The van der Waals surface area contributed by atoms with Crippen molar-refractivity contribution in [1.29, 1.82) is 0 Å². The van der Waals surface area contributed by atoms with Crippen LogP contribution in [0.25, 0.3) is 0 Å². The molecule has 0 fully saturated rings. The van der Waals surface area contributed by atoms with Gasteiger partial charge in [-0.2, -0.15) is 0 Å². The van der Waals surface area contributed by atoms with E-state index in [4.69, 9.17) is 0 Å². The van der Waals surface area contributed by atoms with Crippen LogP contribution in [0, 0.1) is 11.8 Å². The summed E-state index contributed by atoms with van der Waals surface area (Å²) in [5.74, 6) is 5.68. The van der Waals surface area contributed by atoms with Gasteiger partial charge in [-0.1, -0.05) is 36.3 Å². The minimum absolute atomic E-state index is 0.124. The van der Waals surface area contributed by atoms with Gasteiger partial charge < -0.3 is 5.32 Å². The van der Waals surface area contributed by atoms with Gasteiger partial charge >= 0.3 is 0 Å². The van der Waals surface area contributed by atoms with Gasteiger partial charge in [-0.05, 0) is 31.2 Å². The van der Waals surface area contributed by atoms with Crippen LogP contribution >= 0.6 is 0 Å². The number of carbonyl (C=O) groups excluding carboxylic acids is 1. The number of para-hydroxylation sites is 1. The number of hydrogen-bond donors (Lipinski definition) is 1. The zero-order chi connectivity index (χ0) is 12.8. The Labute approximate surface area is 107 Å². The Kier molecular flexibility index (Phi) is 3.78. The summed E-state index contributed by atoms with van der Waals surface area (Å²) in [4.78, 5) is 12.0. The highest BCUT2D eigenvalue weighted by atomic mass is 16.1. The number of rotatable bonds is 2. The third-order valence-corrected chi connectivity index (χ3v) is 2.47. The van der Waals surface area contributed by atoms with Crippen molar-refractivity contribution >= 4 is 11.6 Å². The molecule has 0 unspecified atom stereocenters. The first-order chi connectivity index (χ1) is 8.81. The summed E-state index contributed by atoms with van der Waals surface area (Å²) in [6.07, 6.45) is 0. The smallest absolute Gasteiger partial charge is 0.255 e. The fourth-order valence-corrected chi connectivity index (χ4v) is 1.62. The molecule has 18 heavy (non-hydrogen) atoms. The first-order valence-corrected chi connectivity index (χ1v) is 5.69. The lowest BCUT2D eigenvalue weighted by molar-refractivity contribution is 0.102. The molecule has 0 bridgehead atoms. The van der Waals surface area contributed by atoms with Crippen LogP contribution in [-0.2, 0) is 0 Å². The lowest BCUT2D eigenvalue weighted by Gasteiger charge is -2.07. The quantitative estimate of drug-likeness (QED) is 0.795. The van der Waals surface area contributed by atoms with Crippen molar-refractivity contribution in [3.63, 3.8) is 0 Å². The highest BCUT2D eigenvalue weighted by Crippen LogP contribution is 2.15. The molecule has 88 valence electrons. The third kappa shape index (κ3) is 2.78. The molecule has 1 N–H and O–H groups in total. The lowest BCUT2D eigenvalue weighted by atomic mass is 10.1. The van der Waals surface area contributed by atoms with E-state index in [-0.39, 0.29) is 5.91 Å². The van der Waals surface area contributed by atoms with Crippen molar-refractivity contribution in [2.45, 2.75) is 6.92 Å². The van der Waals surface area contributed by atoms with E-state index >= 15 is 0 Å². The molecule has 2 heteroatoms. The average Bonchev–Trinajstić information content (AvgIpc) is 2.42. The zero-order valence-corrected chi connectivity index (χ0v) is 10.1. The molecule has 0 radical (unpaired) electrons. The molecule has 1 amide bonds. The Morgan fingerprint density at radius 1 is 1.00 bits per heavy atom. The van der Waals surface area contributed by atoms with E-state index in [9.17, 15) is 4.79 Å². The van der Waals surface area contributed by atoms with Gasteiger partial charge in [-0.3, -0.25) is 4.79 Å². The minimum atomic E-state index is -0.124. The molecule has 0 aromatic heterocycles. The van der Waals surface area contributed by atoms with E-state index in [0.29, 0.717) is 5.56 Å². The average molecular weight is 235 g/mol. The normalized spacial score (nSPS) is 9.17. The first kappa shape index (κ1) is 11.9. The van der Waals surface area contributed by atoms with Crippen LogP contribution in [0.5, 0.6) is 0 Å². The number of nitrogens with one attached hydrogen (secondary N) is 1. The van der Waals surface area contributed by atoms with Crippen LogP contribution in [0.1, 0.15) is 22.8 Å². The van der Waals surface area contributed by atoms with E-state index in [2.05, 4.69) is 17.2 Å².